The number of nitrogens with one attached hydrogen (secondary N) is 1. The summed E-state index contributed by atoms with van der Waals surface area (Å²) < 4.78 is 6.52. The molecule has 1 N–H and O–H groups in total. The van der Waals surface area contributed by atoms with E-state index in [0.717, 1.165) is 22.5 Å². The second kappa shape index (κ2) is 8.15. The summed E-state index contributed by atoms with van der Waals surface area (Å²) in [5, 5.41) is 3.92. The molecule has 0 fully saturated rings. The summed E-state index contributed by atoms with van der Waals surface area (Å²) in [5.74, 6) is 0.862. The fourth-order valence-corrected chi connectivity index (χ4v) is 2.57. The molecule has 0 unspecified atom stereocenters. The monoisotopic (exact) mass is 378 g/mol. The maximum Gasteiger partial charge on any atom is 0.173 e. The maximum absolute atomic E-state index is 5.45. The minimum absolute atomic E-state index is 0.667. The Morgan fingerprint density at radius 1 is 1.18 bits per heavy atom. The van der Waals surface area contributed by atoms with Crippen LogP contribution < -0.4 is 10.1 Å². The van der Waals surface area contributed by atoms with E-state index in [1.807, 2.05) is 61.3 Å². The number of hydrogen-bond acceptors (Lipinski definition) is 2. The zero-order valence-corrected chi connectivity index (χ0v) is 15.1. The number of rotatable bonds is 5. The minimum Gasteiger partial charge on any atom is -0.494 e. The van der Waals surface area contributed by atoms with Gasteiger partial charge in [0.2, 0.25) is 0 Å². The lowest BCUT2D eigenvalue weighted by Gasteiger charge is -2.22. The van der Waals surface area contributed by atoms with Crippen LogP contribution in [0.25, 0.3) is 0 Å². The molecule has 2 aromatic rings. The summed E-state index contributed by atoms with van der Waals surface area (Å²) in [4.78, 5) is 2.01. The van der Waals surface area contributed by atoms with Gasteiger partial charge in [0.15, 0.2) is 5.11 Å². The molecular formula is C17H19BrN2OS. The molecule has 116 valence electrons. The van der Waals surface area contributed by atoms with Gasteiger partial charge in [0.1, 0.15) is 5.75 Å². The fourth-order valence-electron chi connectivity index (χ4n) is 1.97. The topological polar surface area (TPSA) is 24.5 Å². The van der Waals surface area contributed by atoms with Crippen LogP contribution in [-0.2, 0) is 6.54 Å². The zero-order chi connectivity index (χ0) is 15.9. The number of ether oxygens (including phenoxy) is 1. The second-order valence-electron chi connectivity index (χ2n) is 4.84. The Bertz CT molecular complexity index is 631. The second-order valence-corrected chi connectivity index (χ2v) is 6.08. The lowest BCUT2D eigenvalue weighted by atomic mass is 10.2. The molecule has 0 amide bonds. The summed E-state index contributed by atoms with van der Waals surface area (Å²) in [6.45, 7) is 3.38. The average molecular weight is 379 g/mol. The molecule has 0 bridgehead atoms. The molecule has 0 heterocycles. The Hall–Kier alpha value is -1.59. The van der Waals surface area contributed by atoms with Gasteiger partial charge in [0.05, 0.1) is 6.61 Å². The molecule has 2 rings (SSSR count). The molecular weight excluding hydrogens is 360 g/mol. The fraction of sp³-hybridized carbons (Fsp3) is 0.235. The third-order valence-corrected chi connectivity index (χ3v) is 4.32. The van der Waals surface area contributed by atoms with Crippen molar-refractivity contribution in [3.63, 3.8) is 0 Å². The van der Waals surface area contributed by atoms with Crippen molar-refractivity contribution in [1.82, 2.24) is 4.90 Å². The van der Waals surface area contributed by atoms with Gasteiger partial charge in [-0.15, -0.1) is 0 Å². The first-order valence-corrected chi connectivity index (χ1v) is 8.28. The molecule has 0 saturated carbocycles. The number of anilines is 1. The third kappa shape index (κ3) is 4.71. The highest BCUT2D eigenvalue weighted by atomic mass is 79.9. The van der Waals surface area contributed by atoms with Gasteiger partial charge in [-0.2, -0.15) is 0 Å². The van der Waals surface area contributed by atoms with Crippen LogP contribution >= 0.6 is 28.1 Å². The van der Waals surface area contributed by atoms with Crippen LogP contribution in [0.5, 0.6) is 5.75 Å². The molecule has 0 aliphatic carbocycles. The Labute approximate surface area is 145 Å². The van der Waals surface area contributed by atoms with E-state index in [1.165, 1.54) is 5.56 Å². The highest BCUT2D eigenvalue weighted by molar-refractivity contribution is 9.10. The van der Waals surface area contributed by atoms with Gasteiger partial charge in [-0.3, -0.25) is 0 Å². The molecule has 0 spiro atoms. The Kier molecular flexibility index (Phi) is 6.21. The van der Waals surface area contributed by atoms with Gasteiger partial charge < -0.3 is 15.0 Å². The minimum atomic E-state index is 0.667. The summed E-state index contributed by atoms with van der Waals surface area (Å²) >= 11 is 9.01. The molecule has 0 saturated heterocycles. The SMILES string of the molecule is CCOc1ccc(NC(=S)N(C)Cc2ccccc2Br)cc1. The van der Waals surface area contributed by atoms with Crippen LogP contribution in [0.15, 0.2) is 53.0 Å². The normalized spacial score (nSPS) is 10.1. The lowest BCUT2D eigenvalue weighted by Crippen LogP contribution is -2.30. The highest BCUT2D eigenvalue weighted by Gasteiger charge is 2.07. The van der Waals surface area contributed by atoms with E-state index < -0.39 is 0 Å². The Morgan fingerprint density at radius 2 is 1.86 bits per heavy atom. The van der Waals surface area contributed by atoms with Crippen LogP contribution in [0.4, 0.5) is 5.69 Å². The largest absolute Gasteiger partial charge is 0.494 e. The molecule has 2 aromatic carbocycles. The summed E-state index contributed by atoms with van der Waals surface area (Å²) in [7, 11) is 1.98. The molecule has 0 atom stereocenters. The molecule has 0 aliphatic heterocycles. The van der Waals surface area contributed by atoms with Crippen LogP contribution in [0, 0.1) is 0 Å². The molecule has 0 radical (unpaired) electrons. The van der Waals surface area contributed by atoms with E-state index >= 15 is 0 Å². The first kappa shape index (κ1) is 16.8. The number of nitrogens with zero attached hydrogens (tertiary/aromatic N) is 1. The van der Waals surface area contributed by atoms with Gasteiger partial charge in [-0.25, -0.2) is 0 Å². The highest BCUT2D eigenvalue weighted by Crippen LogP contribution is 2.19. The average Bonchev–Trinajstić information content (AvgIpc) is 2.51. The van der Waals surface area contributed by atoms with Crippen LogP contribution in [0.2, 0.25) is 0 Å². The standard InChI is InChI=1S/C17H19BrN2OS/c1-3-21-15-10-8-14(9-11-15)19-17(22)20(2)12-13-6-4-5-7-16(13)18/h4-11H,3,12H2,1-2H3,(H,19,22). The summed E-state index contributed by atoms with van der Waals surface area (Å²) in [6, 6.07) is 15.9. The zero-order valence-electron chi connectivity index (χ0n) is 12.7. The third-order valence-electron chi connectivity index (χ3n) is 3.13. The van der Waals surface area contributed by atoms with E-state index in [-0.39, 0.29) is 0 Å². The van der Waals surface area contributed by atoms with E-state index in [0.29, 0.717) is 11.7 Å². The summed E-state index contributed by atoms with van der Waals surface area (Å²) in [6.07, 6.45) is 0. The first-order valence-electron chi connectivity index (χ1n) is 7.08. The molecule has 3 nitrogen and oxygen atoms in total. The number of halogens is 1. The van der Waals surface area contributed by atoms with Crippen molar-refractivity contribution in [1.29, 1.82) is 0 Å². The van der Waals surface area contributed by atoms with Gasteiger partial charge in [-0.05, 0) is 55.0 Å². The first-order chi connectivity index (χ1) is 10.6. The van der Waals surface area contributed by atoms with Crippen LogP contribution in [0.1, 0.15) is 12.5 Å². The van der Waals surface area contributed by atoms with Crippen LogP contribution in [-0.4, -0.2) is 23.7 Å². The van der Waals surface area contributed by atoms with Gasteiger partial charge in [-0.1, -0.05) is 34.1 Å². The van der Waals surface area contributed by atoms with E-state index in [2.05, 4.69) is 27.3 Å². The smallest absolute Gasteiger partial charge is 0.173 e. The van der Waals surface area contributed by atoms with E-state index in [4.69, 9.17) is 17.0 Å². The Morgan fingerprint density at radius 3 is 2.50 bits per heavy atom. The summed E-state index contributed by atoms with van der Waals surface area (Å²) in [5.41, 5.74) is 2.15. The Balaban J connectivity index is 1.95. The van der Waals surface area contributed by atoms with Gasteiger partial charge in [0.25, 0.3) is 0 Å². The van der Waals surface area contributed by atoms with Crippen molar-refractivity contribution in [3.8, 4) is 5.75 Å². The van der Waals surface area contributed by atoms with Gasteiger partial charge in [0, 0.05) is 23.8 Å². The number of hydrogen-bond donors (Lipinski definition) is 1. The van der Waals surface area contributed by atoms with Crippen LogP contribution in [0.3, 0.4) is 0 Å². The predicted molar refractivity (Wildman–Crippen MR) is 99.4 cm³/mol. The quantitative estimate of drug-likeness (QED) is 0.763. The number of thiocarbonyl (C=S) groups is 1. The van der Waals surface area contributed by atoms with Crippen molar-refractivity contribution >= 4 is 38.9 Å². The molecule has 5 heteroatoms. The maximum atomic E-state index is 5.45. The van der Waals surface area contributed by atoms with E-state index in [9.17, 15) is 0 Å². The predicted octanol–water partition coefficient (Wildman–Crippen LogP) is 4.68. The number of benzene rings is 2. The van der Waals surface area contributed by atoms with Crippen molar-refractivity contribution < 1.29 is 4.74 Å². The van der Waals surface area contributed by atoms with E-state index in [1.54, 1.807) is 0 Å². The molecule has 0 aromatic heterocycles. The van der Waals surface area contributed by atoms with Crippen molar-refractivity contribution in [3.05, 3.63) is 58.6 Å². The molecule has 0 aliphatic rings. The van der Waals surface area contributed by atoms with Crippen molar-refractivity contribution in [2.45, 2.75) is 13.5 Å². The van der Waals surface area contributed by atoms with Gasteiger partial charge >= 0.3 is 0 Å². The molecule has 22 heavy (non-hydrogen) atoms. The van der Waals surface area contributed by atoms with Crippen molar-refractivity contribution in [2.24, 2.45) is 0 Å². The lowest BCUT2D eigenvalue weighted by molar-refractivity contribution is 0.340. The van der Waals surface area contributed by atoms with Crippen molar-refractivity contribution in [2.75, 3.05) is 19.0 Å².